The average Bonchev–Trinajstić information content (AvgIpc) is 3.28. The van der Waals surface area contributed by atoms with Crippen LogP contribution in [0.25, 0.3) is 10.9 Å². The third kappa shape index (κ3) is 12.9. The first-order chi connectivity index (χ1) is 20.0. The number of benzene rings is 1. The van der Waals surface area contributed by atoms with Crippen LogP contribution in [-0.4, -0.2) is 112 Å². The fourth-order valence-corrected chi connectivity index (χ4v) is 4.55. The van der Waals surface area contributed by atoms with E-state index in [1.165, 1.54) is 0 Å². The fraction of sp³-hybridized carbons (Fsp3) is 0.520. The summed E-state index contributed by atoms with van der Waals surface area (Å²) in [7, 11) is -0.892. The van der Waals surface area contributed by atoms with Crippen LogP contribution in [-0.2, 0) is 47.1 Å². The molecular weight excluding hydrogens is 574 g/mol. The molecule has 1 aromatic heterocycles. The maximum absolute atomic E-state index is 12.8. The van der Waals surface area contributed by atoms with E-state index in [4.69, 9.17) is 9.47 Å². The molecule has 1 atom stereocenters. The number of nitrogens with zero attached hydrogens (tertiary/aromatic N) is 2. The Kier molecular flexibility index (Phi) is 14.9. The van der Waals surface area contributed by atoms with Gasteiger partial charge >= 0.3 is 6.03 Å². The molecule has 0 aliphatic rings. The first-order valence-electron chi connectivity index (χ1n) is 13.2. The summed E-state index contributed by atoms with van der Waals surface area (Å²) in [6.07, 6.45) is 0.222. The first-order valence-corrected chi connectivity index (χ1v) is 14.8. The van der Waals surface area contributed by atoms with E-state index in [9.17, 15) is 32.1 Å². The standard InChI is InChI=1S/C25H39N7O9S/c1-26-31(2)16-20-15-19-5-3-4-6-22(19)32(20)10-7-23(34)30-21(17-42(37,38)39)24(35)27-8-11-40-13-14-41-12-9-28-25(36)29-18-33/h3-6,15,18,21,26H,7-14,16-17H2,1-2H3,(H,27,35)(H,30,34)(H,37,38,39)(H2,28,29,33,36)/t21-/m0/s1. The topological polar surface area (TPSA) is 209 Å². The molecule has 0 saturated carbocycles. The van der Waals surface area contributed by atoms with E-state index < -0.39 is 39.8 Å². The summed E-state index contributed by atoms with van der Waals surface area (Å²) in [5, 5.41) is 12.1. The summed E-state index contributed by atoms with van der Waals surface area (Å²) in [5.41, 5.74) is 4.92. The lowest BCUT2D eigenvalue weighted by Gasteiger charge is -2.19. The Hall–Kier alpha value is -3.61. The lowest BCUT2D eigenvalue weighted by molar-refractivity contribution is -0.128. The number of aryl methyl sites for hydroxylation is 1. The number of carbonyl (C=O) groups excluding carboxylic acids is 4. The molecule has 1 heterocycles. The molecule has 0 aliphatic heterocycles. The molecule has 0 saturated heterocycles. The van der Waals surface area contributed by atoms with Crippen LogP contribution >= 0.6 is 0 Å². The van der Waals surface area contributed by atoms with Crippen molar-refractivity contribution in [2.24, 2.45) is 0 Å². The number of ether oxygens (including phenoxy) is 2. The third-order valence-electron chi connectivity index (χ3n) is 5.91. The quantitative estimate of drug-likeness (QED) is 0.0442. The van der Waals surface area contributed by atoms with Crippen LogP contribution in [0.1, 0.15) is 12.1 Å². The SMILES string of the molecule is CNN(C)Cc1cc2ccccc2n1CCC(=O)N[C@@H](CS(=O)(=O)O)C(=O)NCCOCCOCCNC(=O)NC=O. The van der Waals surface area contributed by atoms with Crippen molar-refractivity contribution < 1.29 is 41.6 Å². The van der Waals surface area contributed by atoms with Crippen LogP contribution in [0, 0.1) is 0 Å². The van der Waals surface area contributed by atoms with E-state index in [1.54, 1.807) is 7.05 Å². The number of nitrogens with one attached hydrogen (secondary N) is 5. The Morgan fingerprint density at radius 3 is 2.38 bits per heavy atom. The minimum atomic E-state index is -4.57. The summed E-state index contributed by atoms with van der Waals surface area (Å²) in [5.74, 6) is -2.33. The predicted octanol–water partition coefficient (Wildman–Crippen LogP) is -1.42. The van der Waals surface area contributed by atoms with Crippen LogP contribution in [0.5, 0.6) is 0 Å². The summed E-state index contributed by atoms with van der Waals surface area (Å²) in [4.78, 5) is 46.5. The largest absolute Gasteiger partial charge is 0.377 e. The van der Waals surface area contributed by atoms with Crippen LogP contribution in [0.2, 0.25) is 0 Å². The molecule has 5 amide bonds. The second-order valence-electron chi connectivity index (χ2n) is 9.08. The van der Waals surface area contributed by atoms with Crippen LogP contribution in [0.3, 0.4) is 0 Å². The average molecular weight is 614 g/mol. The summed E-state index contributed by atoms with van der Waals surface area (Å²) in [6, 6.07) is 7.61. The number of hydrazine groups is 1. The van der Waals surface area contributed by atoms with E-state index in [2.05, 4.69) is 21.4 Å². The first kappa shape index (κ1) is 34.6. The van der Waals surface area contributed by atoms with Crippen molar-refractivity contribution in [2.45, 2.75) is 25.6 Å². The normalized spacial score (nSPS) is 12.2. The number of carbonyl (C=O) groups is 4. The molecule has 1 aromatic carbocycles. The van der Waals surface area contributed by atoms with Gasteiger partial charge in [-0.05, 0) is 24.6 Å². The van der Waals surface area contributed by atoms with E-state index in [0.717, 1.165) is 16.6 Å². The minimum absolute atomic E-state index is 0.0157. The van der Waals surface area contributed by atoms with Gasteiger partial charge in [-0.2, -0.15) is 8.42 Å². The Labute approximate surface area is 244 Å². The highest BCUT2D eigenvalue weighted by Crippen LogP contribution is 2.21. The lowest BCUT2D eigenvalue weighted by Crippen LogP contribution is -2.51. The number of imide groups is 1. The van der Waals surface area contributed by atoms with E-state index in [1.807, 2.05) is 52.3 Å². The number of rotatable bonds is 20. The van der Waals surface area contributed by atoms with Gasteiger partial charge in [0.15, 0.2) is 0 Å². The number of para-hydroxylation sites is 1. The monoisotopic (exact) mass is 613 g/mol. The molecule has 0 fully saturated rings. The molecule has 17 heteroatoms. The number of hydrogen-bond acceptors (Lipinski definition) is 10. The van der Waals surface area contributed by atoms with Gasteiger partial charge in [-0.1, -0.05) is 18.2 Å². The number of urea groups is 1. The van der Waals surface area contributed by atoms with Crippen molar-refractivity contribution in [1.82, 2.24) is 36.3 Å². The third-order valence-corrected chi connectivity index (χ3v) is 6.66. The van der Waals surface area contributed by atoms with Crippen molar-refractivity contribution in [3.63, 3.8) is 0 Å². The highest BCUT2D eigenvalue weighted by Gasteiger charge is 2.26. The van der Waals surface area contributed by atoms with Gasteiger partial charge in [0.1, 0.15) is 11.8 Å². The number of hydrogen-bond donors (Lipinski definition) is 6. The van der Waals surface area contributed by atoms with Gasteiger partial charge in [0.25, 0.3) is 10.1 Å². The Balaban J connectivity index is 1.81. The van der Waals surface area contributed by atoms with Crippen molar-refractivity contribution in [1.29, 1.82) is 0 Å². The van der Waals surface area contributed by atoms with Crippen LogP contribution in [0.15, 0.2) is 30.3 Å². The predicted molar refractivity (Wildman–Crippen MR) is 153 cm³/mol. The molecular formula is C25H39N7O9S. The molecule has 0 radical (unpaired) electrons. The van der Waals surface area contributed by atoms with E-state index in [0.29, 0.717) is 6.54 Å². The van der Waals surface area contributed by atoms with Crippen LogP contribution in [0.4, 0.5) is 4.79 Å². The minimum Gasteiger partial charge on any atom is -0.377 e. The Morgan fingerprint density at radius 2 is 1.74 bits per heavy atom. The molecule has 234 valence electrons. The zero-order chi connectivity index (χ0) is 31.0. The zero-order valence-electron chi connectivity index (χ0n) is 23.6. The molecule has 2 aromatic rings. The maximum Gasteiger partial charge on any atom is 0.321 e. The zero-order valence-corrected chi connectivity index (χ0v) is 24.4. The lowest BCUT2D eigenvalue weighted by atomic mass is 10.2. The molecule has 6 N–H and O–H groups in total. The Morgan fingerprint density at radius 1 is 1.07 bits per heavy atom. The Bertz CT molecular complexity index is 1290. The van der Waals surface area contributed by atoms with E-state index in [-0.39, 0.29) is 58.9 Å². The summed E-state index contributed by atoms with van der Waals surface area (Å²) < 4.78 is 44.9. The maximum atomic E-state index is 12.8. The van der Waals surface area contributed by atoms with Crippen molar-refractivity contribution >= 4 is 45.3 Å². The number of aromatic nitrogens is 1. The number of fused-ring (bicyclic) bond motifs is 1. The van der Waals surface area contributed by atoms with Gasteiger partial charge in [0.2, 0.25) is 18.2 Å². The van der Waals surface area contributed by atoms with Gasteiger partial charge in [-0.15, -0.1) is 0 Å². The molecule has 0 unspecified atom stereocenters. The second kappa shape index (κ2) is 18.0. The molecule has 0 aliphatic carbocycles. The van der Waals surface area contributed by atoms with Gasteiger partial charge in [0, 0.05) is 44.3 Å². The van der Waals surface area contributed by atoms with Crippen molar-refractivity contribution in [3.8, 4) is 0 Å². The molecule has 42 heavy (non-hydrogen) atoms. The summed E-state index contributed by atoms with van der Waals surface area (Å²) >= 11 is 0. The van der Waals surface area contributed by atoms with Crippen LogP contribution < -0.4 is 26.7 Å². The summed E-state index contributed by atoms with van der Waals surface area (Å²) in [6.45, 7) is 1.70. The highest BCUT2D eigenvalue weighted by atomic mass is 32.2. The van der Waals surface area contributed by atoms with Gasteiger partial charge in [0.05, 0.1) is 33.0 Å². The molecule has 0 bridgehead atoms. The second-order valence-corrected chi connectivity index (χ2v) is 10.6. The van der Waals surface area contributed by atoms with E-state index >= 15 is 0 Å². The molecule has 2 rings (SSSR count). The highest BCUT2D eigenvalue weighted by molar-refractivity contribution is 7.85. The smallest absolute Gasteiger partial charge is 0.321 e. The fourth-order valence-electron chi connectivity index (χ4n) is 3.89. The van der Waals surface area contributed by atoms with Gasteiger partial charge in [-0.3, -0.25) is 29.7 Å². The van der Waals surface area contributed by atoms with Crippen molar-refractivity contribution in [3.05, 3.63) is 36.0 Å². The van der Waals surface area contributed by atoms with Gasteiger partial charge < -0.3 is 30.0 Å². The molecule has 16 nitrogen and oxygen atoms in total. The number of amides is 5. The van der Waals surface area contributed by atoms with Crippen molar-refractivity contribution in [2.75, 3.05) is 59.4 Å². The van der Waals surface area contributed by atoms with Gasteiger partial charge in [-0.25, -0.2) is 9.80 Å². The molecule has 0 spiro atoms.